The minimum Gasteiger partial charge on any atom is -0.481 e. The minimum absolute atomic E-state index is 0.187. The van der Waals surface area contributed by atoms with E-state index in [1.807, 2.05) is 30.3 Å². The van der Waals surface area contributed by atoms with Crippen molar-refractivity contribution >= 4 is 34.4 Å². The minimum atomic E-state index is -1.28. The molecule has 0 saturated carbocycles. The Morgan fingerprint density at radius 1 is 1.00 bits per heavy atom. The summed E-state index contributed by atoms with van der Waals surface area (Å²) < 4.78 is 0. The maximum absolute atomic E-state index is 12.0. The van der Waals surface area contributed by atoms with Crippen LogP contribution >= 0.6 is 0 Å². The van der Waals surface area contributed by atoms with Gasteiger partial charge >= 0.3 is 18.0 Å². The van der Waals surface area contributed by atoms with Crippen molar-refractivity contribution in [2.75, 3.05) is 5.32 Å². The predicted octanol–water partition coefficient (Wildman–Crippen LogP) is 2.28. The number of benzene rings is 2. The highest BCUT2D eigenvalue weighted by molar-refractivity contribution is 6.02. The van der Waals surface area contributed by atoms with E-state index in [4.69, 9.17) is 10.2 Å². The SMILES string of the molecule is O=C(O)CC[C@@H](NC(=O)Nc1cccc2ccccc12)C(=O)O. The van der Waals surface area contributed by atoms with Crippen molar-refractivity contribution in [3.8, 4) is 0 Å². The Kier molecular flexibility index (Phi) is 5.14. The molecule has 0 unspecified atom stereocenters. The zero-order chi connectivity index (χ0) is 16.8. The van der Waals surface area contributed by atoms with Crippen molar-refractivity contribution in [3.63, 3.8) is 0 Å². The summed E-state index contributed by atoms with van der Waals surface area (Å²) in [5.41, 5.74) is 0.544. The summed E-state index contributed by atoms with van der Waals surface area (Å²) in [4.78, 5) is 33.6. The van der Waals surface area contributed by atoms with Gasteiger partial charge in [0.2, 0.25) is 0 Å². The number of aliphatic carboxylic acids is 2. The zero-order valence-corrected chi connectivity index (χ0v) is 12.2. The molecule has 0 aromatic heterocycles. The summed E-state index contributed by atoms with van der Waals surface area (Å²) in [5, 5.41) is 24.3. The molecular formula is C16H16N2O5. The van der Waals surface area contributed by atoms with Crippen LogP contribution in [0.15, 0.2) is 42.5 Å². The van der Waals surface area contributed by atoms with Crippen LogP contribution < -0.4 is 10.6 Å². The third-order valence-electron chi connectivity index (χ3n) is 3.29. The van der Waals surface area contributed by atoms with Crippen LogP contribution in [0.25, 0.3) is 10.8 Å². The Hall–Kier alpha value is -3.09. The standard InChI is InChI=1S/C16H16N2O5/c19-14(20)9-8-13(15(21)22)18-16(23)17-12-7-3-5-10-4-1-2-6-11(10)12/h1-7,13H,8-9H2,(H,19,20)(H,21,22)(H2,17,18,23)/t13-/m1/s1. The lowest BCUT2D eigenvalue weighted by Gasteiger charge is -2.15. The third-order valence-corrected chi connectivity index (χ3v) is 3.29. The van der Waals surface area contributed by atoms with Crippen molar-refractivity contribution in [2.24, 2.45) is 0 Å². The number of carboxylic acids is 2. The Balaban J connectivity index is 2.08. The summed E-state index contributed by atoms with van der Waals surface area (Å²) >= 11 is 0. The summed E-state index contributed by atoms with van der Waals surface area (Å²) in [6.07, 6.45) is -0.529. The first-order chi connectivity index (χ1) is 11.0. The number of urea groups is 1. The average molecular weight is 316 g/mol. The van der Waals surface area contributed by atoms with Gasteiger partial charge in [-0.1, -0.05) is 36.4 Å². The Morgan fingerprint density at radius 2 is 1.70 bits per heavy atom. The fourth-order valence-corrected chi connectivity index (χ4v) is 2.18. The largest absolute Gasteiger partial charge is 0.481 e. The van der Waals surface area contributed by atoms with Gasteiger partial charge < -0.3 is 20.8 Å². The molecule has 0 radical (unpaired) electrons. The molecule has 0 bridgehead atoms. The molecule has 7 heteroatoms. The highest BCUT2D eigenvalue weighted by Crippen LogP contribution is 2.22. The first kappa shape index (κ1) is 16.3. The van der Waals surface area contributed by atoms with E-state index in [9.17, 15) is 14.4 Å². The molecule has 2 aromatic carbocycles. The van der Waals surface area contributed by atoms with Gasteiger partial charge in [0, 0.05) is 11.8 Å². The highest BCUT2D eigenvalue weighted by Gasteiger charge is 2.21. The van der Waals surface area contributed by atoms with Crippen LogP contribution in [0.3, 0.4) is 0 Å². The van der Waals surface area contributed by atoms with Crippen LogP contribution in [0, 0.1) is 0 Å². The number of amides is 2. The molecular weight excluding hydrogens is 300 g/mol. The number of fused-ring (bicyclic) bond motifs is 1. The molecule has 120 valence electrons. The molecule has 1 atom stereocenters. The molecule has 0 aliphatic rings. The fourth-order valence-electron chi connectivity index (χ4n) is 2.18. The van der Waals surface area contributed by atoms with E-state index in [0.29, 0.717) is 5.69 Å². The molecule has 2 aromatic rings. The van der Waals surface area contributed by atoms with Crippen LogP contribution in [0.5, 0.6) is 0 Å². The van der Waals surface area contributed by atoms with Gasteiger partial charge in [0.25, 0.3) is 0 Å². The molecule has 2 amide bonds. The summed E-state index contributed by atoms with van der Waals surface area (Å²) in [6.45, 7) is 0. The van der Waals surface area contributed by atoms with Crippen molar-refractivity contribution in [1.29, 1.82) is 0 Å². The van der Waals surface area contributed by atoms with E-state index < -0.39 is 24.0 Å². The van der Waals surface area contributed by atoms with Crippen molar-refractivity contribution < 1.29 is 24.6 Å². The second-order valence-electron chi connectivity index (χ2n) is 4.95. The lowest BCUT2D eigenvalue weighted by molar-refractivity contribution is -0.140. The van der Waals surface area contributed by atoms with Gasteiger partial charge in [-0.05, 0) is 17.9 Å². The Morgan fingerprint density at radius 3 is 2.39 bits per heavy atom. The van der Waals surface area contributed by atoms with Crippen molar-refractivity contribution in [1.82, 2.24) is 5.32 Å². The molecule has 23 heavy (non-hydrogen) atoms. The van der Waals surface area contributed by atoms with Crippen molar-refractivity contribution in [2.45, 2.75) is 18.9 Å². The fraction of sp³-hybridized carbons (Fsp3) is 0.188. The summed E-state index contributed by atoms with van der Waals surface area (Å²) in [5.74, 6) is -2.40. The van der Waals surface area contributed by atoms with Crippen molar-refractivity contribution in [3.05, 3.63) is 42.5 Å². The van der Waals surface area contributed by atoms with Gasteiger partial charge in [-0.2, -0.15) is 0 Å². The van der Waals surface area contributed by atoms with Crippen LogP contribution in [0.1, 0.15) is 12.8 Å². The molecule has 0 saturated heterocycles. The molecule has 0 fully saturated rings. The van der Waals surface area contributed by atoms with E-state index >= 15 is 0 Å². The number of anilines is 1. The van der Waals surface area contributed by atoms with Crippen LogP contribution in [-0.4, -0.2) is 34.2 Å². The number of carbonyl (C=O) groups excluding carboxylic acids is 1. The third kappa shape index (κ3) is 4.44. The van der Waals surface area contributed by atoms with Crippen LogP contribution in [-0.2, 0) is 9.59 Å². The first-order valence-electron chi connectivity index (χ1n) is 6.97. The maximum Gasteiger partial charge on any atom is 0.326 e. The number of carbonyl (C=O) groups is 3. The summed E-state index contributed by atoms with van der Waals surface area (Å²) in [6, 6.07) is 10.9. The van der Waals surface area contributed by atoms with Gasteiger partial charge in [-0.3, -0.25) is 4.79 Å². The number of nitrogens with one attached hydrogen (secondary N) is 2. The Bertz CT molecular complexity index is 739. The number of rotatable bonds is 6. The van der Waals surface area contributed by atoms with E-state index in [1.54, 1.807) is 12.1 Å². The zero-order valence-electron chi connectivity index (χ0n) is 12.2. The molecule has 4 N–H and O–H groups in total. The molecule has 0 aliphatic carbocycles. The van der Waals surface area contributed by atoms with Gasteiger partial charge in [0.05, 0.1) is 5.69 Å². The van der Waals surface area contributed by atoms with E-state index in [0.717, 1.165) is 10.8 Å². The molecule has 0 heterocycles. The maximum atomic E-state index is 12.0. The molecule has 0 aliphatic heterocycles. The quantitative estimate of drug-likeness (QED) is 0.652. The smallest absolute Gasteiger partial charge is 0.326 e. The number of carboxylic acid groups (broad SMARTS) is 2. The van der Waals surface area contributed by atoms with Crippen LogP contribution in [0.4, 0.5) is 10.5 Å². The predicted molar refractivity (Wildman–Crippen MR) is 84.4 cm³/mol. The summed E-state index contributed by atoms with van der Waals surface area (Å²) in [7, 11) is 0. The second kappa shape index (κ2) is 7.26. The first-order valence-corrected chi connectivity index (χ1v) is 6.97. The Labute approximate surface area is 131 Å². The second-order valence-corrected chi connectivity index (χ2v) is 4.95. The van der Waals surface area contributed by atoms with Gasteiger partial charge in [-0.25, -0.2) is 9.59 Å². The lowest BCUT2D eigenvalue weighted by atomic mass is 10.1. The van der Waals surface area contributed by atoms with E-state index in [2.05, 4.69) is 10.6 Å². The van der Waals surface area contributed by atoms with Gasteiger partial charge in [0.15, 0.2) is 0 Å². The highest BCUT2D eigenvalue weighted by atomic mass is 16.4. The number of hydrogen-bond acceptors (Lipinski definition) is 3. The lowest BCUT2D eigenvalue weighted by Crippen LogP contribution is -2.43. The van der Waals surface area contributed by atoms with Crippen LogP contribution in [0.2, 0.25) is 0 Å². The number of hydrogen-bond donors (Lipinski definition) is 4. The molecule has 2 rings (SSSR count). The topological polar surface area (TPSA) is 116 Å². The van der Waals surface area contributed by atoms with E-state index in [-0.39, 0.29) is 12.8 Å². The van der Waals surface area contributed by atoms with Gasteiger partial charge in [-0.15, -0.1) is 0 Å². The average Bonchev–Trinajstić information content (AvgIpc) is 2.51. The molecule has 7 nitrogen and oxygen atoms in total. The van der Waals surface area contributed by atoms with Gasteiger partial charge in [0.1, 0.15) is 6.04 Å². The normalized spacial score (nSPS) is 11.7. The van der Waals surface area contributed by atoms with E-state index in [1.165, 1.54) is 0 Å². The monoisotopic (exact) mass is 316 g/mol. The molecule has 0 spiro atoms.